The summed E-state index contributed by atoms with van der Waals surface area (Å²) in [7, 11) is 0. The van der Waals surface area contributed by atoms with Crippen molar-refractivity contribution in [3.8, 4) is 0 Å². The number of hydrogen-bond donors (Lipinski definition) is 1. The molecule has 7 nitrogen and oxygen atoms in total. The van der Waals surface area contributed by atoms with Crippen molar-refractivity contribution in [1.82, 2.24) is 4.90 Å². The van der Waals surface area contributed by atoms with Gasteiger partial charge in [0.2, 0.25) is 5.91 Å². The molecule has 26 heavy (non-hydrogen) atoms. The molecule has 0 saturated carbocycles. The van der Waals surface area contributed by atoms with Gasteiger partial charge in [-0.2, -0.15) is 0 Å². The van der Waals surface area contributed by atoms with E-state index in [0.717, 1.165) is 10.5 Å². The van der Waals surface area contributed by atoms with Gasteiger partial charge in [0.15, 0.2) is 0 Å². The number of nitrogens with zero attached hydrogens (tertiary/aromatic N) is 1. The first-order valence-corrected chi connectivity index (χ1v) is 8.04. The predicted octanol–water partition coefficient (Wildman–Crippen LogP) is -3.26. The summed E-state index contributed by atoms with van der Waals surface area (Å²) in [4.78, 5) is 36.6. The van der Waals surface area contributed by atoms with Crippen LogP contribution in [-0.2, 0) is 25.7 Å². The van der Waals surface area contributed by atoms with Crippen LogP contribution < -0.4 is 56.5 Å². The molecule has 0 unspecified atom stereocenters. The van der Waals surface area contributed by atoms with Crippen LogP contribution in [0.5, 0.6) is 0 Å². The molecule has 1 N–H and O–H groups in total. The zero-order chi connectivity index (χ0) is 18.1. The van der Waals surface area contributed by atoms with E-state index < -0.39 is 35.9 Å². The molecule has 2 heterocycles. The quantitative estimate of drug-likeness (QED) is 0.314. The topological polar surface area (TPSA) is 107 Å². The third kappa shape index (κ3) is 4.10. The average Bonchev–Trinajstić information content (AvgIpc) is 2.88. The molecule has 0 aliphatic carbocycles. The number of aliphatic hydroxyl groups is 1. The van der Waals surface area contributed by atoms with Gasteiger partial charge in [0.05, 0.1) is 36.2 Å². The number of rotatable bonds is 6. The molecule has 1 aromatic rings. The van der Waals surface area contributed by atoms with E-state index in [1.807, 2.05) is 30.3 Å². The molecule has 132 valence electrons. The Morgan fingerprint density at radius 3 is 2.58 bits per heavy atom. The Bertz CT molecular complexity index is 745. The summed E-state index contributed by atoms with van der Waals surface area (Å²) in [6, 6.07) is 8.69. The second-order valence-corrected chi connectivity index (χ2v) is 6.31. The number of benzene rings is 1. The summed E-state index contributed by atoms with van der Waals surface area (Å²) >= 11 is 0. The van der Waals surface area contributed by atoms with E-state index in [2.05, 4.69) is 0 Å². The van der Waals surface area contributed by atoms with Crippen molar-refractivity contribution >= 4 is 17.8 Å². The maximum absolute atomic E-state index is 12.1. The second kappa shape index (κ2) is 8.77. The molecule has 1 fully saturated rings. The minimum Gasteiger partial charge on any atom is -0.543 e. The van der Waals surface area contributed by atoms with Gasteiger partial charge in [-0.3, -0.25) is 9.59 Å². The third-order valence-electron chi connectivity index (χ3n) is 4.61. The Balaban J connectivity index is 0.00000243. The molecular weight excluding hydrogens is 365 g/mol. The Hall–Kier alpha value is -1.03. The van der Waals surface area contributed by atoms with E-state index in [1.54, 1.807) is 0 Å². The number of aliphatic hydroxyl groups excluding tert-OH is 1. The second-order valence-electron chi connectivity index (χ2n) is 6.31. The zero-order valence-electron chi connectivity index (χ0n) is 14.7. The number of carbonyl (C=O) groups is 3. The smallest absolute Gasteiger partial charge is 0.543 e. The van der Waals surface area contributed by atoms with Crippen LogP contribution in [0.25, 0.3) is 0 Å². The Morgan fingerprint density at radius 2 is 2.00 bits per heavy atom. The first kappa shape index (κ1) is 21.3. The number of amides is 1. The van der Waals surface area contributed by atoms with E-state index in [9.17, 15) is 24.6 Å². The largest absolute Gasteiger partial charge is 1.00 e. The van der Waals surface area contributed by atoms with Gasteiger partial charge in [-0.1, -0.05) is 30.3 Å². The summed E-state index contributed by atoms with van der Waals surface area (Å²) in [6.45, 7) is 1.58. The van der Waals surface area contributed by atoms with Crippen LogP contribution in [-0.4, -0.2) is 40.0 Å². The SMILES string of the molecule is C[C@@H](O)[C@H]1C(=O)N2C(C(=O)[O-])=C(CC(=O)OCc3ccccc3)C[C@H]12.[K+]. The van der Waals surface area contributed by atoms with Gasteiger partial charge in [0.25, 0.3) is 0 Å². The normalized spacial score (nSPS) is 22.2. The van der Waals surface area contributed by atoms with Crippen LogP contribution >= 0.6 is 0 Å². The van der Waals surface area contributed by atoms with Gasteiger partial charge in [-0.05, 0) is 24.5 Å². The number of carboxylic acid groups (broad SMARTS) is 1. The van der Waals surface area contributed by atoms with Crippen LogP contribution in [0.15, 0.2) is 41.6 Å². The van der Waals surface area contributed by atoms with Crippen molar-refractivity contribution < 1.29 is 80.7 Å². The summed E-state index contributed by atoms with van der Waals surface area (Å²) in [5.74, 6) is -3.16. The fraction of sp³-hybridized carbons (Fsp3) is 0.389. The molecule has 2 aliphatic rings. The van der Waals surface area contributed by atoms with Gasteiger partial charge in [0.1, 0.15) is 6.61 Å². The fourth-order valence-electron chi connectivity index (χ4n) is 3.47. The standard InChI is InChI=1S/C18H19NO6.K/c1-10(20)15-13-7-12(16(18(23)24)19(13)17(15)22)8-14(21)25-9-11-5-3-2-4-6-11;/h2-6,10,13,15,20H,7-9H2,1H3,(H,23,24);/q;+1/p-1/t10-,13-,15-;/m1./s1. The molecule has 1 aromatic carbocycles. The average molecular weight is 383 g/mol. The summed E-state index contributed by atoms with van der Waals surface area (Å²) in [5.41, 5.74) is 0.868. The molecular formula is C18H18KNO6. The van der Waals surface area contributed by atoms with Crippen molar-refractivity contribution in [2.75, 3.05) is 0 Å². The number of carbonyl (C=O) groups excluding carboxylic acids is 3. The molecule has 1 saturated heterocycles. The first-order chi connectivity index (χ1) is 11.9. The molecule has 8 heteroatoms. The van der Waals surface area contributed by atoms with Gasteiger partial charge in [-0.25, -0.2) is 0 Å². The van der Waals surface area contributed by atoms with E-state index in [4.69, 9.17) is 4.74 Å². The van der Waals surface area contributed by atoms with Crippen LogP contribution in [0.3, 0.4) is 0 Å². The minimum absolute atomic E-state index is 0. The van der Waals surface area contributed by atoms with Gasteiger partial charge in [-0.15, -0.1) is 0 Å². The number of fused-ring (bicyclic) bond motifs is 1. The van der Waals surface area contributed by atoms with Crippen molar-refractivity contribution in [2.24, 2.45) is 5.92 Å². The van der Waals surface area contributed by atoms with Gasteiger partial charge < -0.3 is 24.6 Å². The molecule has 0 spiro atoms. The van der Waals surface area contributed by atoms with Crippen molar-refractivity contribution in [3.63, 3.8) is 0 Å². The van der Waals surface area contributed by atoms with Crippen molar-refractivity contribution in [1.29, 1.82) is 0 Å². The number of hydrogen-bond acceptors (Lipinski definition) is 6. The summed E-state index contributed by atoms with van der Waals surface area (Å²) in [6.07, 6.45) is -0.866. The third-order valence-corrected chi connectivity index (χ3v) is 4.61. The molecule has 2 aliphatic heterocycles. The van der Waals surface area contributed by atoms with Gasteiger partial charge >= 0.3 is 57.4 Å². The monoisotopic (exact) mass is 383 g/mol. The molecule has 0 aromatic heterocycles. The maximum atomic E-state index is 12.1. The summed E-state index contributed by atoms with van der Waals surface area (Å²) < 4.78 is 5.17. The first-order valence-electron chi connectivity index (χ1n) is 8.04. The Labute approximate surface area is 193 Å². The van der Waals surface area contributed by atoms with Crippen LogP contribution in [0.2, 0.25) is 0 Å². The molecule has 0 bridgehead atoms. The van der Waals surface area contributed by atoms with E-state index >= 15 is 0 Å². The zero-order valence-corrected chi connectivity index (χ0v) is 17.8. The maximum Gasteiger partial charge on any atom is 1.00 e. The van der Waals surface area contributed by atoms with Crippen molar-refractivity contribution in [3.05, 3.63) is 47.2 Å². The van der Waals surface area contributed by atoms with E-state index in [0.29, 0.717) is 5.57 Å². The van der Waals surface area contributed by atoms with Crippen LogP contribution in [0.4, 0.5) is 0 Å². The number of aliphatic carboxylic acids is 1. The van der Waals surface area contributed by atoms with E-state index in [-0.39, 0.29) is 76.5 Å². The molecule has 3 atom stereocenters. The minimum atomic E-state index is -1.49. The van der Waals surface area contributed by atoms with Crippen molar-refractivity contribution in [2.45, 2.75) is 38.5 Å². The molecule has 0 radical (unpaired) electrons. The molecule has 3 rings (SSSR count). The Kier molecular flexibility index (Phi) is 7.17. The fourth-order valence-corrected chi connectivity index (χ4v) is 3.47. The molecule has 1 amide bonds. The summed E-state index contributed by atoms with van der Waals surface area (Å²) in [5, 5.41) is 21.1. The van der Waals surface area contributed by atoms with E-state index in [1.165, 1.54) is 6.92 Å². The number of ether oxygens (including phenoxy) is 1. The Morgan fingerprint density at radius 1 is 1.35 bits per heavy atom. The van der Waals surface area contributed by atoms with Crippen LogP contribution in [0, 0.1) is 5.92 Å². The predicted molar refractivity (Wildman–Crippen MR) is 83.3 cm³/mol. The number of esters is 1. The number of β-lactam (4-membered cyclic amide) rings is 1. The van der Waals surface area contributed by atoms with Gasteiger partial charge in [0, 0.05) is 0 Å². The number of carboxylic acids is 1. The van der Waals surface area contributed by atoms with Crippen LogP contribution in [0.1, 0.15) is 25.3 Å².